The van der Waals surface area contributed by atoms with E-state index in [1.807, 2.05) is 0 Å². The second kappa shape index (κ2) is 3.79. The van der Waals surface area contributed by atoms with Gasteiger partial charge in [-0.15, -0.1) is 0 Å². The van der Waals surface area contributed by atoms with Crippen LogP contribution < -0.4 is 5.48 Å². The van der Waals surface area contributed by atoms with E-state index in [9.17, 15) is 9.59 Å². The molecule has 2 heterocycles. The molecule has 0 aliphatic carbocycles. The Labute approximate surface area is 92.8 Å². The average Bonchev–Trinajstić information content (AvgIpc) is 2.63. The van der Waals surface area contributed by atoms with Crippen LogP contribution in [-0.2, 0) is 14.4 Å². The summed E-state index contributed by atoms with van der Waals surface area (Å²) in [5, 5.41) is 8.79. The van der Waals surface area contributed by atoms with E-state index < -0.39 is 11.6 Å². The molecule has 0 unspecified atom stereocenters. The van der Waals surface area contributed by atoms with Crippen LogP contribution in [0.3, 0.4) is 0 Å². The van der Waals surface area contributed by atoms with Crippen LogP contribution in [0, 0.1) is 0 Å². The van der Waals surface area contributed by atoms with Crippen molar-refractivity contribution in [2.75, 3.05) is 13.1 Å². The number of hydroxylamine groups is 1. The van der Waals surface area contributed by atoms with Crippen LogP contribution in [0.15, 0.2) is 11.8 Å². The zero-order valence-corrected chi connectivity index (χ0v) is 9.02. The summed E-state index contributed by atoms with van der Waals surface area (Å²) in [6, 6.07) is 0. The molecule has 0 aromatic heterocycles. The van der Waals surface area contributed by atoms with Crippen molar-refractivity contribution in [2.24, 2.45) is 0 Å². The molecule has 6 heteroatoms. The Bertz CT molecular complexity index is 356. The van der Waals surface area contributed by atoms with E-state index in [0.717, 1.165) is 0 Å². The first-order valence-corrected chi connectivity index (χ1v) is 5.18. The highest BCUT2D eigenvalue weighted by atomic mass is 16.7. The molecule has 0 saturated carbocycles. The van der Waals surface area contributed by atoms with Gasteiger partial charge in [0.2, 0.25) is 5.91 Å². The van der Waals surface area contributed by atoms with E-state index in [2.05, 4.69) is 5.48 Å². The summed E-state index contributed by atoms with van der Waals surface area (Å²) >= 11 is 0. The fourth-order valence-electron chi connectivity index (χ4n) is 2.03. The highest BCUT2D eigenvalue weighted by molar-refractivity contribution is 5.86. The fraction of sp³-hybridized carbons (Fsp3) is 0.600. The standard InChI is InChI=1S/C10H14N2O4/c1-7(13)12-4-2-10(3-5-12)6-8(9(14)15)11-16-10/h6,11H,2-5H2,1H3,(H,14,15). The van der Waals surface area contributed by atoms with Crippen molar-refractivity contribution in [1.82, 2.24) is 10.4 Å². The summed E-state index contributed by atoms with van der Waals surface area (Å²) in [5.41, 5.74) is 1.94. The number of carbonyl (C=O) groups excluding carboxylic acids is 1. The summed E-state index contributed by atoms with van der Waals surface area (Å²) in [4.78, 5) is 28.9. The smallest absolute Gasteiger partial charge is 0.354 e. The number of rotatable bonds is 1. The maximum atomic E-state index is 11.1. The molecule has 0 atom stereocenters. The third-order valence-corrected chi connectivity index (χ3v) is 3.06. The van der Waals surface area contributed by atoms with E-state index >= 15 is 0 Å². The molecule has 88 valence electrons. The van der Waals surface area contributed by atoms with Crippen molar-refractivity contribution in [2.45, 2.75) is 25.4 Å². The lowest BCUT2D eigenvalue weighted by molar-refractivity contribution is -0.136. The maximum absolute atomic E-state index is 11.1. The van der Waals surface area contributed by atoms with Gasteiger partial charge in [0.1, 0.15) is 11.3 Å². The van der Waals surface area contributed by atoms with Crippen LogP contribution in [0.4, 0.5) is 0 Å². The van der Waals surface area contributed by atoms with Gasteiger partial charge in [-0.2, -0.15) is 0 Å². The van der Waals surface area contributed by atoms with Crippen molar-refractivity contribution in [1.29, 1.82) is 0 Å². The third-order valence-electron chi connectivity index (χ3n) is 3.06. The van der Waals surface area contributed by atoms with Crippen LogP contribution in [0.5, 0.6) is 0 Å². The molecule has 2 rings (SSSR count). The highest BCUT2D eigenvalue weighted by Crippen LogP contribution is 2.31. The molecule has 1 fully saturated rings. The molecule has 2 N–H and O–H groups in total. The SMILES string of the molecule is CC(=O)N1CCC2(C=C(C(=O)O)NO2)CC1. The zero-order valence-electron chi connectivity index (χ0n) is 9.02. The molecule has 0 aromatic rings. The molecule has 1 amide bonds. The molecule has 2 aliphatic heterocycles. The fourth-order valence-corrected chi connectivity index (χ4v) is 2.03. The molecule has 0 radical (unpaired) electrons. The van der Waals surface area contributed by atoms with E-state index in [0.29, 0.717) is 25.9 Å². The van der Waals surface area contributed by atoms with Crippen LogP contribution >= 0.6 is 0 Å². The number of amides is 1. The molecule has 2 aliphatic rings. The van der Waals surface area contributed by atoms with Gasteiger partial charge < -0.3 is 10.0 Å². The predicted molar refractivity (Wildman–Crippen MR) is 54.2 cm³/mol. The number of aliphatic carboxylic acids is 1. The first-order chi connectivity index (χ1) is 7.52. The minimum absolute atomic E-state index is 0.0447. The molecular formula is C10H14N2O4. The molecule has 16 heavy (non-hydrogen) atoms. The molecule has 6 nitrogen and oxygen atoms in total. The number of nitrogens with zero attached hydrogens (tertiary/aromatic N) is 1. The van der Waals surface area contributed by atoms with Gasteiger partial charge in [0.25, 0.3) is 0 Å². The summed E-state index contributed by atoms with van der Waals surface area (Å²) in [7, 11) is 0. The highest BCUT2D eigenvalue weighted by Gasteiger charge is 2.40. The second-order valence-electron chi connectivity index (χ2n) is 4.14. The average molecular weight is 226 g/mol. The van der Waals surface area contributed by atoms with Crippen LogP contribution in [0.25, 0.3) is 0 Å². The Morgan fingerprint density at radius 1 is 1.50 bits per heavy atom. The maximum Gasteiger partial charge on any atom is 0.354 e. The van der Waals surface area contributed by atoms with E-state index in [1.54, 1.807) is 11.0 Å². The van der Waals surface area contributed by atoms with Gasteiger partial charge in [-0.05, 0) is 6.08 Å². The lowest BCUT2D eigenvalue weighted by atomic mass is 9.91. The summed E-state index contributed by atoms with van der Waals surface area (Å²) < 4.78 is 0. The van der Waals surface area contributed by atoms with Crippen molar-refractivity contribution >= 4 is 11.9 Å². The minimum atomic E-state index is -1.02. The molecule has 1 saturated heterocycles. The molecule has 1 spiro atoms. The van der Waals surface area contributed by atoms with E-state index in [1.165, 1.54) is 6.92 Å². The van der Waals surface area contributed by atoms with Gasteiger partial charge in [-0.1, -0.05) is 0 Å². The van der Waals surface area contributed by atoms with Crippen LogP contribution in [-0.4, -0.2) is 40.6 Å². The Kier molecular flexibility index (Phi) is 2.59. The van der Waals surface area contributed by atoms with Gasteiger partial charge >= 0.3 is 5.97 Å². The van der Waals surface area contributed by atoms with Gasteiger partial charge in [-0.3, -0.25) is 15.1 Å². The van der Waals surface area contributed by atoms with Gasteiger partial charge in [0.15, 0.2) is 0 Å². The largest absolute Gasteiger partial charge is 0.477 e. The minimum Gasteiger partial charge on any atom is -0.477 e. The number of carbonyl (C=O) groups is 2. The number of carboxylic acid groups (broad SMARTS) is 1. The third kappa shape index (κ3) is 1.88. The first kappa shape index (κ1) is 10.9. The number of nitrogens with one attached hydrogen (secondary N) is 1. The lowest BCUT2D eigenvalue weighted by Gasteiger charge is -2.36. The summed E-state index contributed by atoms with van der Waals surface area (Å²) in [6.45, 7) is 2.73. The van der Waals surface area contributed by atoms with Crippen LogP contribution in [0.1, 0.15) is 19.8 Å². The van der Waals surface area contributed by atoms with Crippen LogP contribution in [0.2, 0.25) is 0 Å². The normalized spacial score (nSPS) is 22.8. The van der Waals surface area contributed by atoms with Crippen molar-refractivity contribution < 1.29 is 19.5 Å². The molecular weight excluding hydrogens is 212 g/mol. The Morgan fingerprint density at radius 2 is 2.12 bits per heavy atom. The molecule has 0 aromatic carbocycles. The number of likely N-dealkylation sites (tertiary alicyclic amines) is 1. The number of carboxylic acids is 1. The summed E-state index contributed by atoms with van der Waals surface area (Å²) in [6.07, 6.45) is 2.85. The zero-order chi connectivity index (χ0) is 11.8. The Balaban J connectivity index is 2.03. The van der Waals surface area contributed by atoms with Crippen molar-refractivity contribution in [3.8, 4) is 0 Å². The Hall–Kier alpha value is -1.56. The van der Waals surface area contributed by atoms with E-state index in [4.69, 9.17) is 9.94 Å². The second-order valence-corrected chi connectivity index (χ2v) is 4.14. The topological polar surface area (TPSA) is 78.9 Å². The number of hydrogen-bond donors (Lipinski definition) is 2. The van der Waals surface area contributed by atoms with Gasteiger partial charge in [-0.25, -0.2) is 4.79 Å². The predicted octanol–water partition coefficient (Wildman–Crippen LogP) is -0.129. The van der Waals surface area contributed by atoms with Gasteiger partial charge in [0.05, 0.1) is 0 Å². The number of piperidine rings is 1. The van der Waals surface area contributed by atoms with Crippen molar-refractivity contribution in [3.05, 3.63) is 11.8 Å². The van der Waals surface area contributed by atoms with Gasteiger partial charge in [0, 0.05) is 32.9 Å². The quantitative estimate of drug-likeness (QED) is 0.651. The van der Waals surface area contributed by atoms with Crippen molar-refractivity contribution in [3.63, 3.8) is 0 Å². The molecule has 0 bridgehead atoms. The summed E-state index contributed by atoms with van der Waals surface area (Å²) in [5.74, 6) is -0.978. The monoisotopic (exact) mass is 226 g/mol. The Morgan fingerprint density at radius 3 is 2.56 bits per heavy atom. The lowest BCUT2D eigenvalue weighted by Crippen LogP contribution is -2.46. The van der Waals surface area contributed by atoms with E-state index in [-0.39, 0.29) is 11.6 Å². The number of hydrogen-bond acceptors (Lipinski definition) is 4. The first-order valence-electron chi connectivity index (χ1n) is 5.18.